The molecule has 0 saturated carbocycles. The summed E-state index contributed by atoms with van der Waals surface area (Å²) in [6, 6.07) is 3.95. The smallest absolute Gasteiger partial charge is 0.126 e. The monoisotopic (exact) mass is 197 g/mol. The first-order chi connectivity index (χ1) is 6.75. The van der Waals surface area contributed by atoms with Crippen LogP contribution in [-0.2, 0) is 6.42 Å². The van der Waals surface area contributed by atoms with Gasteiger partial charge in [0.1, 0.15) is 11.6 Å². The molecule has 0 unspecified atom stereocenters. The zero-order valence-electron chi connectivity index (χ0n) is 7.89. The summed E-state index contributed by atoms with van der Waals surface area (Å²) >= 11 is 0. The molecular formula is C11H13F2N. The summed E-state index contributed by atoms with van der Waals surface area (Å²) in [6.45, 7) is 0.988. The third-order valence-corrected chi connectivity index (χ3v) is 2.64. The molecule has 1 heterocycles. The molecule has 76 valence electrons. The highest BCUT2D eigenvalue weighted by molar-refractivity contribution is 5.20. The van der Waals surface area contributed by atoms with Crippen LogP contribution in [-0.4, -0.2) is 12.6 Å². The van der Waals surface area contributed by atoms with Crippen LogP contribution < -0.4 is 5.32 Å². The van der Waals surface area contributed by atoms with E-state index in [0.29, 0.717) is 18.0 Å². The Balaban J connectivity index is 2.10. The second-order valence-electron chi connectivity index (χ2n) is 3.73. The van der Waals surface area contributed by atoms with Gasteiger partial charge in [0.2, 0.25) is 0 Å². The van der Waals surface area contributed by atoms with Crippen LogP contribution in [0.5, 0.6) is 0 Å². The molecule has 1 aliphatic rings. The minimum Gasteiger partial charge on any atom is -0.314 e. The number of benzene rings is 1. The molecule has 1 N–H and O–H groups in total. The van der Waals surface area contributed by atoms with E-state index in [1.54, 1.807) is 0 Å². The van der Waals surface area contributed by atoms with Crippen molar-refractivity contribution >= 4 is 0 Å². The van der Waals surface area contributed by atoms with E-state index in [0.717, 1.165) is 25.5 Å². The lowest BCUT2D eigenvalue weighted by Crippen LogP contribution is -2.24. The van der Waals surface area contributed by atoms with E-state index < -0.39 is 0 Å². The Morgan fingerprint density at radius 1 is 1.36 bits per heavy atom. The highest BCUT2D eigenvalue weighted by Crippen LogP contribution is 2.16. The Labute approximate surface area is 82.1 Å². The minimum absolute atomic E-state index is 0.305. The van der Waals surface area contributed by atoms with Crippen LogP contribution in [0.4, 0.5) is 8.78 Å². The fourth-order valence-electron chi connectivity index (χ4n) is 1.90. The maximum absolute atomic E-state index is 13.2. The van der Waals surface area contributed by atoms with Crippen molar-refractivity contribution in [2.75, 3.05) is 6.54 Å². The molecule has 0 bridgehead atoms. The first kappa shape index (κ1) is 9.59. The fourth-order valence-corrected chi connectivity index (χ4v) is 1.90. The Kier molecular flexibility index (Phi) is 2.77. The van der Waals surface area contributed by atoms with Crippen molar-refractivity contribution in [2.24, 2.45) is 0 Å². The van der Waals surface area contributed by atoms with Crippen LogP contribution in [0, 0.1) is 11.6 Å². The molecule has 1 aromatic rings. The van der Waals surface area contributed by atoms with Crippen molar-refractivity contribution in [1.82, 2.24) is 5.32 Å². The molecule has 1 fully saturated rings. The van der Waals surface area contributed by atoms with E-state index in [1.807, 2.05) is 0 Å². The van der Waals surface area contributed by atoms with E-state index in [1.165, 1.54) is 12.1 Å². The zero-order valence-corrected chi connectivity index (χ0v) is 7.89. The Hall–Kier alpha value is -0.960. The van der Waals surface area contributed by atoms with Gasteiger partial charge in [-0.05, 0) is 49.6 Å². The van der Waals surface area contributed by atoms with Crippen molar-refractivity contribution in [3.05, 3.63) is 35.4 Å². The Bertz CT molecular complexity index is 319. The van der Waals surface area contributed by atoms with Crippen molar-refractivity contribution in [3.63, 3.8) is 0 Å². The second-order valence-corrected chi connectivity index (χ2v) is 3.73. The molecule has 1 saturated heterocycles. The predicted molar refractivity (Wildman–Crippen MR) is 51.1 cm³/mol. The van der Waals surface area contributed by atoms with Gasteiger partial charge in [-0.2, -0.15) is 0 Å². The van der Waals surface area contributed by atoms with Gasteiger partial charge in [-0.25, -0.2) is 8.78 Å². The van der Waals surface area contributed by atoms with Crippen LogP contribution in [0.2, 0.25) is 0 Å². The molecule has 2 rings (SSSR count). The summed E-state index contributed by atoms with van der Waals surface area (Å²) in [5, 5.41) is 3.26. The molecule has 3 heteroatoms. The van der Waals surface area contributed by atoms with Crippen molar-refractivity contribution in [2.45, 2.75) is 25.3 Å². The van der Waals surface area contributed by atoms with Crippen LogP contribution in [0.25, 0.3) is 0 Å². The SMILES string of the molecule is Fc1ccc(F)c(C[C@H]2CCCN2)c1. The second kappa shape index (κ2) is 4.05. The number of rotatable bonds is 2. The minimum atomic E-state index is -0.362. The van der Waals surface area contributed by atoms with Gasteiger partial charge >= 0.3 is 0 Å². The molecule has 0 amide bonds. The van der Waals surface area contributed by atoms with Gasteiger partial charge in [-0.1, -0.05) is 0 Å². The third-order valence-electron chi connectivity index (χ3n) is 2.64. The van der Waals surface area contributed by atoms with Crippen LogP contribution in [0.15, 0.2) is 18.2 Å². The standard InChI is InChI=1S/C11H13F2N/c12-9-3-4-11(13)8(6-9)7-10-2-1-5-14-10/h3-4,6,10,14H,1-2,5,7H2/t10-/m1/s1. The molecular weight excluding hydrogens is 184 g/mol. The van der Waals surface area contributed by atoms with Crippen LogP contribution in [0.1, 0.15) is 18.4 Å². The maximum atomic E-state index is 13.2. The first-order valence-electron chi connectivity index (χ1n) is 4.93. The lowest BCUT2D eigenvalue weighted by molar-refractivity contribution is 0.549. The summed E-state index contributed by atoms with van der Waals surface area (Å²) < 4.78 is 26.1. The van der Waals surface area contributed by atoms with Crippen LogP contribution in [0.3, 0.4) is 0 Å². The van der Waals surface area contributed by atoms with E-state index in [4.69, 9.17) is 0 Å². The first-order valence-corrected chi connectivity index (χ1v) is 4.93. The summed E-state index contributed by atoms with van der Waals surface area (Å²) in [5.41, 5.74) is 0.476. The van der Waals surface area contributed by atoms with Gasteiger partial charge in [0.25, 0.3) is 0 Å². The summed E-state index contributed by atoms with van der Waals surface area (Å²) in [7, 11) is 0. The molecule has 0 aromatic heterocycles. The quantitative estimate of drug-likeness (QED) is 0.766. The lowest BCUT2D eigenvalue weighted by atomic mass is 10.0. The van der Waals surface area contributed by atoms with Crippen molar-refractivity contribution < 1.29 is 8.78 Å². The fraction of sp³-hybridized carbons (Fsp3) is 0.455. The molecule has 14 heavy (non-hydrogen) atoms. The lowest BCUT2D eigenvalue weighted by Gasteiger charge is -2.10. The molecule has 0 aliphatic carbocycles. The molecule has 1 aliphatic heterocycles. The molecule has 1 aromatic carbocycles. The number of hydrogen-bond acceptors (Lipinski definition) is 1. The van der Waals surface area contributed by atoms with Gasteiger partial charge < -0.3 is 5.32 Å². The third kappa shape index (κ3) is 2.10. The van der Waals surface area contributed by atoms with Crippen LogP contribution >= 0.6 is 0 Å². The molecule has 0 spiro atoms. The van der Waals surface area contributed by atoms with Gasteiger partial charge in [-0.15, -0.1) is 0 Å². The average Bonchev–Trinajstić information content (AvgIpc) is 2.64. The Morgan fingerprint density at radius 2 is 2.21 bits per heavy atom. The number of nitrogens with one attached hydrogen (secondary N) is 1. The Morgan fingerprint density at radius 3 is 2.93 bits per heavy atom. The topological polar surface area (TPSA) is 12.0 Å². The van der Waals surface area contributed by atoms with E-state index in [-0.39, 0.29) is 11.6 Å². The highest BCUT2D eigenvalue weighted by atomic mass is 19.1. The number of halogens is 2. The zero-order chi connectivity index (χ0) is 9.97. The van der Waals surface area contributed by atoms with Crippen molar-refractivity contribution in [3.8, 4) is 0 Å². The van der Waals surface area contributed by atoms with Gasteiger partial charge in [-0.3, -0.25) is 0 Å². The molecule has 1 nitrogen and oxygen atoms in total. The largest absolute Gasteiger partial charge is 0.314 e. The van der Waals surface area contributed by atoms with E-state index >= 15 is 0 Å². The predicted octanol–water partition coefficient (Wildman–Crippen LogP) is 2.26. The molecule has 0 radical (unpaired) electrons. The van der Waals surface area contributed by atoms with Gasteiger partial charge in [0.15, 0.2) is 0 Å². The van der Waals surface area contributed by atoms with Crippen molar-refractivity contribution in [1.29, 1.82) is 0 Å². The molecule has 1 atom stereocenters. The van der Waals surface area contributed by atoms with E-state index in [2.05, 4.69) is 5.32 Å². The normalized spacial score (nSPS) is 21.4. The summed E-state index contributed by atoms with van der Waals surface area (Å²) in [6.07, 6.45) is 2.77. The summed E-state index contributed by atoms with van der Waals surface area (Å²) in [5.74, 6) is -0.667. The van der Waals surface area contributed by atoms with Gasteiger partial charge in [0, 0.05) is 6.04 Å². The van der Waals surface area contributed by atoms with E-state index in [9.17, 15) is 8.78 Å². The summed E-state index contributed by atoms with van der Waals surface area (Å²) in [4.78, 5) is 0. The van der Waals surface area contributed by atoms with Gasteiger partial charge in [0.05, 0.1) is 0 Å². The number of hydrogen-bond donors (Lipinski definition) is 1. The maximum Gasteiger partial charge on any atom is 0.126 e. The average molecular weight is 197 g/mol. The highest BCUT2D eigenvalue weighted by Gasteiger charge is 2.16.